The van der Waals surface area contributed by atoms with Crippen molar-refractivity contribution < 1.29 is 22.1 Å². The molecule has 0 unspecified atom stereocenters. The first kappa shape index (κ1) is 6.84. The van der Waals surface area contributed by atoms with E-state index < -0.39 is 5.97 Å². The van der Waals surface area contributed by atoms with Gasteiger partial charge in [0.1, 0.15) is 0 Å². The molecule has 0 bridgehead atoms. The van der Waals surface area contributed by atoms with Gasteiger partial charge in [0.15, 0.2) is 6.54 Å². The largest absolute Gasteiger partial charge is 1.00 e. The molecule has 0 aromatic carbocycles. The molecule has 4 nitrogen and oxygen atoms in total. The summed E-state index contributed by atoms with van der Waals surface area (Å²) in [6.07, 6.45) is 0. The van der Waals surface area contributed by atoms with Crippen molar-refractivity contribution in [2.24, 2.45) is 0 Å². The zero-order valence-electron chi connectivity index (χ0n) is 5.13. The number of aliphatic hydroxyl groups is 3. The van der Waals surface area contributed by atoms with Crippen molar-refractivity contribution in [2.75, 3.05) is 13.6 Å². The molecule has 0 spiro atoms. The Hall–Kier alpha value is -0.160. The Kier molecular flexibility index (Phi) is 2.17. The van der Waals surface area contributed by atoms with E-state index in [1.165, 1.54) is 5.32 Å². The summed E-state index contributed by atoms with van der Waals surface area (Å²) in [4.78, 5) is 0. The van der Waals surface area contributed by atoms with Gasteiger partial charge in [0.25, 0.3) is 0 Å². The molecule has 4 heteroatoms. The molecule has 0 radical (unpaired) electrons. The lowest BCUT2D eigenvalue weighted by Crippen LogP contribution is -2.84. The second-order valence-corrected chi connectivity index (χ2v) is 1.39. The smallest absolute Gasteiger partial charge is 0.327 e. The molecular weight excluding hydrogens is 98.0 g/mol. The van der Waals surface area contributed by atoms with Crippen LogP contribution < -0.4 is 5.32 Å². The van der Waals surface area contributed by atoms with E-state index in [0.717, 1.165) is 0 Å². The summed E-state index contributed by atoms with van der Waals surface area (Å²) in [5.41, 5.74) is 0. The van der Waals surface area contributed by atoms with Gasteiger partial charge in [-0.15, -0.1) is 0 Å². The third-order valence-corrected chi connectivity index (χ3v) is 0.478. The lowest BCUT2D eigenvalue weighted by Gasteiger charge is -2.08. The molecule has 0 heterocycles. The van der Waals surface area contributed by atoms with E-state index in [9.17, 15) is 0 Å². The first-order chi connectivity index (χ1) is 3.06. The van der Waals surface area contributed by atoms with Crippen molar-refractivity contribution in [1.29, 1.82) is 0 Å². The van der Waals surface area contributed by atoms with Gasteiger partial charge in [-0.3, -0.25) is 0 Å². The van der Waals surface area contributed by atoms with Crippen molar-refractivity contribution in [3.8, 4) is 0 Å². The fourth-order valence-electron chi connectivity index (χ4n) is 0.274. The molecule has 0 aliphatic rings. The van der Waals surface area contributed by atoms with Gasteiger partial charge >= 0.3 is 5.97 Å². The van der Waals surface area contributed by atoms with Crippen molar-refractivity contribution in [3.63, 3.8) is 0 Å². The highest BCUT2D eigenvalue weighted by Gasteiger charge is 2.18. The fraction of sp³-hybridized carbons (Fsp3) is 1.00. The highest BCUT2D eigenvalue weighted by atomic mass is 16.7. The normalized spacial score (nSPS) is 12.0. The number of nitrogens with two attached hydrogens (primary N) is 1. The van der Waals surface area contributed by atoms with Gasteiger partial charge in [0.05, 0.1) is 7.05 Å². The molecule has 0 aliphatic heterocycles. The molecule has 46 valence electrons. The number of hydrogen-bond acceptors (Lipinski definition) is 3. The molecule has 0 aromatic rings. The number of likely N-dealkylation sites (N-methyl/N-ethyl adjacent to an activating group) is 1. The molecule has 7 heavy (non-hydrogen) atoms. The summed E-state index contributed by atoms with van der Waals surface area (Å²) in [6.45, 7) is -0.118. The predicted octanol–water partition coefficient (Wildman–Crippen LogP) is -3.08. The van der Waals surface area contributed by atoms with E-state index in [1.54, 1.807) is 7.05 Å². The molecule has 0 aromatic heterocycles. The Morgan fingerprint density at radius 3 is 2.00 bits per heavy atom. The summed E-state index contributed by atoms with van der Waals surface area (Å²) in [5.74, 6) is -2.51. The minimum absolute atomic E-state index is 0. The van der Waals surface area contributed by atoms with Crippen LogP contribution in [0.5, 0.6) is 0 Å². The second kappa shape index (κ2) is 2.23. The monoisotopic (exact) mass is 109 g/mol. The Labute approximate surface area is 42.9 Å². The highest BCUT2D eigenvalue weighted by molar-refractivity contribution is 4.34. The quantitative estimate of drug-likeness (QED) is 0.284. The van der Waals surface area contributed by atoms with E-state index in [1.807, 2.05) is 0 Å². The second-order valence-electron chi connectivity index (χ2n) is 1.39. The van der Waals surface area contributed by atoms with E-state index >= 15 is 0 Å². The van der Waals surface area contributed by atoms with Crippen LogP contribution in [0.3, 0.4) is 0 Å². The maximum atomic E-state index is 8.10. The average Bonchev–Trinajstić information content (AvgIpc) is 1.30. The van der Waals surface area contributed by atoms with Crippen LogP contribution in [0.15, 0.2) is 0 Å². The molecular formula is C3H11NO3. The Morgan fingerprint density at radius 2 is 2.00 bits per heavy atom. The van der Waals surface area contributed by atoms with E-state index in [4.69, 9.17) is 15.3 Å². The Balaban J connectivity index is 0. The SMILES string of the molecule is C[NH2+]CC(O)(O)O.[H-]. The summed E-state index contributed by atoms with van der Waals surface area (Å²) in [6, 6.07) is 0. The van der Waals surface area contributed by atoms with Crippen LogP contribution in [0, 0.1) is 0 Å². The lowest BCUT2D eigenvalue weighted by molar-refractivity contribution is -0.664. The summed E-state index contributed by atoms with van der Waals surface area (Å²) in [7, 11) is 1.62. The molecule has 5 N–H and O–H groups in total. The van der Waals surface area contributed by atoms with Gasteiger partial charge in [0.2, 0.25) is 0 Å². The summed E-state index contributed by atoms with van der Waals surface area (Å²) in [5, 5.41) is 25.8. The van der Waals surface area contributed by atoms with Crippen LogP contribution in [0.1, 0.15) is 1.43 Å². The summed E-state index contributed by atoms with van der Waals surface area (Å²) >= 11 is 0. The van der Waals surface area contributed by atoms with Crippen molar-refractivity contribution in [3.05, 3.63) is 0 Å². The van der Waals surface area contributed by atoms with Gasteiger partial charge in [-0.05, 0) is 0 Å². The van der Waals surface area contributed by atoms with E-state index in [2.05, 4.69) is 0 Å². The molecule has 0 amide bonds. The van der Waals surface area contributed by atoms with Crippen LogP contribution in [-0.2, 0) is 0 Å². The first-order valence-electron chi connectivity index (χ1n) is 2.01. The van der Waals surface area contributed by atoms with Gasteiger partial charge in [0, 0.05) is 0 Å². The first-order valence-corrected chi connectivity index (χ1v) is 2.01. The van der Waals surface area contributed by atoms with Crippen molar-refractivity contribution in [1.82, 2.24) is 0 Å². The number of hydrogen-bond donors (Lipinski definition) is 4. The van der Waals surface area contributed by atoms with Crippen LogP contribution in [0.2, 0.25) is 0 Å². The predicted molar refractivity (Wildman–Crippen MR) is 23.2 cm³/mol. The fourth-order valence-corrected chi connectivity index (χ4v) is 0.274. The van der Waals surface area contributed by atoms with Gasteiger partial charge in [-0.1, -0.05) is 0 Å². The zero-order chi connectivity index (χ0) is 5.91. The lowest BCUT2D eigenvalue weighted by atomic mass is 10.6. The molecule has 0 atom stereocenters. The van der Waals surface area contributed by atoms with Crippen molar-refractivity contribution >= 4 is 0 Å². The minimum atomic E-state index is -2.51. The third-order valence-electron chi connectivity index (χ3n) is 0.478. The van der Waals surface area contributed by atoms with Crippen LogP contribution in [0.25, 0.3) is 0 Å². The zero-order valence-corrected chi connectivity index (χ0v) is 4.13. The van der Waals surface area contributed by atoms with Crippen molar-refractivity contribution in [2.45, 2.75) is 5.97 Å². The Bertz CT molecular complexity index is 53.0. The van der Waals surface area contributed by atoms with Gasteiger partial charge in [-0.2, -0.15) is 0 Å². The third kappa shape index (κ3) is 5.84. The molecule has 0 fully saturated rings. The van der Waals surface area contributed by atoms with E-state index in [0.29, 0.717) is 0 Å². The highest BCUT2D eigenvalue weighted by Crippen LogP contribution is 1.81. The molecule has 0 saturated heterocycles. The van der Waals surface area contributed by atoms with Crippen LogP contribution >= 0.6 is 0 Å². The molecule has 0 rings (SSSR count). The Morgan fingerprint density at radius 1 is 1.57 bits per heavy atom. The molecule has 0 aliphatic carbocycles. The maximum absolute atomic E-state index is 8.10. The van der Waals surface area contributed by atoms with E-state index in [-0.39, 0.29) is 7.97 Å². The number of quaternary nitrogens is 1. The van der Waals surface area contributed by atoms with Gasteiger partial charge < -0.3 is 22.1 Å². The average molecular weight is 109 g/mol. The standard InChI is InChI=1S/C3H9NO3.H/c1-4-2-3(5,6)7;/h4-7H,2H2,1H3;/q;-1/p+1. The maximum Gasteiger partial charge on any atom is 0.327 e. The minimum Gasteiger partial charge on any atom is -1.00 e. The summed E-state index contributed by atoms with van der Waals surface area (Å²) < 4.78 is 0. The topological polar surface area (TPSA) is 77.3 Å². The van der Waals surface area contributed by atoms with Crippen LogP contribution in [0.4, 0.5) is 0 Å². The molecule has 0 saturated carbocycles. The van der Waals surface area contributed by atoms with Gasteiger partial charge in [-0.25, -0.2) is 0 Å². The van der Waals surface area contributed by atoms with Crippen LogP contribution in [-0.4, -0.2) is 34.9 Å². The number of rotatable bonds is 2.